The lowest BCUT2D eigenvalue weighted by molar-refractivity contribution is -0.136. The second kappa shape index (κ2) is 5.79. The van der Waals surface area contributed by atoms with Crippen LogP contribution in [0.2, 0.25) is 0 Å². The minimum Gasteiger partial charge on any atom is -0.344 e. The van der Waals surface area contributed by atoms with Gasteiger partial charge in [0.1, 0.15) is 5.41 Å². The fourth-order valence-corrected chi connectivity index (χ4v) is 1.62. The predicted octanol–water partition coefficient (Wildman–Crippen LogP) is 2.52. The van der Waals surface area contributed by atoms with E-state index in [-0.39, 0.29) is 5.91 Å². The van der Waals surface area contributed by atoms with Crippen molar-refractivity contribution in [3.8, 4) is 6.07 Å². The molecule has 0 aliphatic carbocycles. The molecular weight excluding hydrogens is 250 g/mol. The molecule has 0 bridgehead atoms. The highest BCUT2D eigenvalue weighted by molar-refractivity contribution is 5.84. The number of benzene rings is 1. The maximum atomic E-state index is 13.0. The highest BCUT2D eigenvalue weighted by Gasteiger charge is 2.29. The van der Waals surface area contributed by atoms with Gasteiger partial charge in [0.2, 0.25) is 5.91 Å². The standard InChI is InChI=1S/C14H16F2N2O/c1-14(2,9-17)13(19)18(3)7-6-10-4-5-11(15)12(16)8-10/h4-5,8H,6-7H2,1-3H3. The third-order valence-electron chi connectivity index (χ3n) is 2.88. The minimum absolute atomic E-state index is 0.294. The van der Waals surface area contributed by atoms with Crippen LogP contribution in [-0.4, -0.2) is 24.4 Å². The minimum atomic E-state index is -1.08. The Morgan fingerprint density at radius 1 is 1.37 bits per heavy atom. The van der Waals surface area contributed by atoms with Gasteiger partial charge >= 0.3 is 0 Å². The Bertz CT molecular complexity index is 521. The molecule has 0 saturated carbocycles. The third-order valence-corrected chi connectivity index (χ3v) is 2.88. The maximum absolute atomic E-state index is 13.0. The molecule has 1 rings (SSSR count). The monoisotopic (exact) mass is 266 g/mol. The van der Waals surface area contributed by atoms with Crippen molar-refractivity contribution in [2.24, 2.45) is 5.41 Å². The molecule has 0 heterocycles. The molecule has 1 aromatic rings. The number of likely N-dealkylation sites (N-methyl/N-ethyl adjacent to an activating group) is 1. The van der Waals surface area contributed by atoms with Crippen LogP contribution in [0.3, 0.4) is 0 Å². The molecule has 0 unspecified atom stereocenters. The lowest BCUT2D eigenvalue weighted by Gasteiger charge is -2.24. The second-order valence-electron chi connectivity index (χ2n) is 4.96. The zero-order valence-electron chi connectivity index (χ0n) is 11.2. The van der Waals surface area contributed by atoms with Gasteiger partial charge in [0.15, 0.2) is 11.6 Å². The first-order chi connectivity index (χ1) is 8.77. The molecule has 0 radical (unpaired) electrons. The van der Waals surface area contributed by atoms with Gasteiger partial charge in [-0.3, -0.25) is 4.79 Å². The van der Waals surface area contributed by atoms with Crippen molar-refractivity contribution in [1.29, 1.82) is 5.26 Å². The van der Waals surface area contributed by atoms with Crippen LogP contribution >= 0.6 is 0 Å². The summed E-state index contributed by atoms with van der Waals surface area (Å²) in [5, 5.41) is 8.88. The summed E-state index contributed by atoms with van der Waals surface area (Å²) in [4.78, 5) is 13.3. The number of halogens is 2. The van der Waals surface area contributed by atoms with E-state index in [4.69, 9.17) is 5.26 Å². The van der Waals surface area contributed by atoms with Crippen molar-refractivity contribution >= 4 is 5.91 Å². The molecule has 0 aromatic heterocycles. The van der Waals surface area contributed by atoms with E-state index >= 15 is 0 Å². The zero-order valence-corrected chi connectivity index (χ0v) is 11.2. The SMILES string of the molecule is CN(CCc1ccc(F)c(F)c1)C(=O)C(C)(C)C#N. The van der Waals surface area contributed by atoms with Gasteiger partial charge in [-0.15, -0.1) is 0 Å². The van der Waals surface area contributed by atoms with Crippen LogP contribution in [-0.2, 0) is 11.2 Å². The van der Waals surface area contributed by atoms with Gasteiger partial charge in [0, 0.05) is 13.6 Å². The Kier molecular flexibility index (Phi) is 4.60. The number of amides is 1. The highest BCUT2D eigenvalue weighted by atomic mass is 19.2. The molecule has 19 heavy (non-hydrogen) atoms. The van der Waals surface area contributed by atoms with Crippen molar-refractivity contribution in [2.75, 3.05) is 13.6 Å². The molecule has 3 nitrogen and oxygen atoms in total. The summed E-state index contributed by atoms with van der Waals surface area (Å²) in [5.41, 5.74) is -0.476. The van der Waals surface area contributed by atoms with Crippen molar-refractivity contribution in [3.63, 3.8) is 0 Å². The van der Waals surface area contributed by atoms with E-state index < -0.39 is 17.0 Å². The van der Waals surface area contributed by atoms with Crippen LogP contribution in [0.25, 0.3) is 0 Å². The molecule has 5 heteroatoms. The van der Waals surface area contributed by atoms with Crippen LogP contribution in [0.15, 0.2) is 18.2 Å². The summed E-state index contributed by atoms with van der Waals surface area (Å²) >= 11 is 0. The molecule has 102 valence electrons. The maximum Gasteiger partial charge on any atom is 0.242 e. The largest absolute Gasteiger partial charge is 0.344 e. The van der Waals surface area contributed by atoms with Gasteiger partial charge in [-0.25, -0.2) is 8.78 Å². The second-order valence-corrected chi connectivity index (χ2v) is 4.96. The lowest BCUT2D eigenvalue weighted by Crippen LogP contribution is -2.38. The predicted molar refractivity (Wildman–Crippen MR) is 67.1 cm³/mol. The summed E-state index contributed by atoms with van der Waals surface area (Å²) in [7, 11) is 1.58. The number of nitriles is 1. The van der Waals surface area contributed by atoms with E-state index in [0.29, 0.717) is 18.5 Å². The molecule has 0 fully saturated rings. The van der Waals surface area contributed by atoms with E-state index in [1.807, 2.05) is 6.07 Å². The Labute approximate surface area is 111 Å². The number of carbonyl (C=O) groups is 1. The quantitative estimate of drug-likeness (QED) is 0.840. The Morgan fingerprint density at radius 2 is 2.00 bits per heavy atom. The van der Waals surface area contributed by atoms with Gasteiger partial charge in [-0.1, -0.05) is 6.07 Å². The smallest absolute Gasteiger partial charge is 0.242 e. The molecule has 0 N–H and O–H groups in total. The molecular formula is C14H16F2N2O. The summed E-state index contributed by atoms with van der Waals surface area (Å²) in [6.07, 6.45) is 0.404. The van der Waals surface area contributed by atoms with E-state index in [1.54, 1.807) is 20.9 Å². The summed E-state index contributed by atoms with van der Waals surface area (Å²) in [5.74, 6) is -2.08. The fourth-order valence-electron chi connectivity index (χ4n) is 1.62. The average Bonchev–Trinajstić information content (AvgIpc) is 2.38. The molecule has 0 saturated heterocycles. The summed E-state index contributed by atoms with van der Waals surface area (Å²) < 4.78 is 25.8. The number of carbonyl (C=O) groups excluding carboxylic acids is 1. The van der Waals surface area contributed by atoms with Crippen molar-refractivity contribution in [1.82, 2.24) is 4.90 Å². The first-order valence-corrected chi connectivity index (χ1v) is 5.88. The third kappa shape index (κ3) is 3.75. The van der Waals surface area contributed by atoms with Gasteiger partial charge in [0.25, 0.3) is 0 Å². The van der Waals surface area contributed by atoms with Crippen LogP contribution in [0.1, 0.15) is 19.4 Å². The Balaban J connectivity index is 2.64. The number of nitrogens with zero attached hydrogens (tertiary/aromatic N) is 2. The van der Waals surface area contributed by atoms with Gasteiger partial charge in [-0.05, 0) is 38.0 Å². The molecule has 0 aliphatic rings. The Morgan fingerprint density at radius 3 is 2.53 bits per heavy atom. The Hall–Kier alpha value is -1.96. The average molecular weight is 266 g/mol. The van der Waals surface area contributed by atoms with Crippen LogP contribution in [0, 0.1) is 28.4 Å². The number of hydrogen-bond acceptors (Lipinski definition) is 2. The topological polar surface area (TPSA) is 44.1 Å². The van der Waals surface area contributed by atoms with E-state index in [9.17, 15) is 13.6 Å². The highest BCUT2D eigenvalue weighted by Crippen LogP contribution is 2.17. The van der Waals surface area contributed by atoms with E-state index in [2.05, 4.69) is 0 Å². The van der Waals surface area contributed by atoms with Gasteiger partial charge in [0.05, 0.1) is 6.07 Å². The normalized spacial score (nSPS) is 10.9. The molecule has 1 aromatic carbocycles. The van der Waals surface area contributed by atoms with Crippen molar-refractivity contribution in [2.45, 2.75) is 20.3 Å². The van der Waals surface area contributed by atoms with E-state index in [1.165, 1.54) is 11.0 Å². The van der Waals surface area contributed by atoms with Crippen LogP contribution < -0.4 is 0 Å². The van der Waals surface area contributed by atoms with Crippen molar-refractivity contribution < 1.29 is 13.6 Å². The first kappa shape index (κ1) is 15.1. The van der Waals surface area contributed by atoms with Crippen LogP contribution in [0.4, 0.5) is 8.78 Å². The molecule has 0 spiro atoms. The summed E-state index contributed by atoms with van der Waals surface area (Å²) in [6.45, 7) is 3.43. The lowest BCUT2D eigenvalue weighted by atomic mass is 9.94. The van der Waals surface area contributed by atoms with Gasteiger partial charge < -0.3 is 4.90 Å². The van der Waals surface area contributed by atoms with E-state index in [0.717, 1.165) is 12.1 Å². The molecule has 0 aliphatic heterocycles. The molecule has 1 amide bonds. The van der Waals surface area contributed by atoms with Crippen LogP contribution in [0.5, 0.6) is 0 Å². The number of rotatable bonds is 4. The molecule has 0 atom stereocenters. The van der Waals surface area contributed by atoms with Crippen molar-refractivity contribution in [3.05, 3.63) is 35.4 Å². The fraction of sp³-hybridized carbons (Fsp3) is 0.429. The summed E-state index contributed by atoms with van der Waals surface area (Å²) in [6, 6.07) is 5.59. The zero-order chi connectivity index (χ0) is 14.6. The van der Waals surface area contributed by atoms with Gasteiger partial charge in [-0.2, -0.15) is 5.26 Å². The first-order valence-electron chi connectivity index (χ1n) is 5.88. The number of hydrogen-bond donors (Lipinski definition) is 0.